The molecule has 5 nitrogen and oxygen atoms in total. The van der Waals surface area contributed by atoms with Gasteiger partial charge >= 0.3 is 0 Å². The zero-order valence-corrected chi connectivity index (χ0v) is 18.5. The van der Waals surface area contributed by atoms with Gasteiger partial charge in [0, 0.05) is 24.3 Å². The second-order valence-electron chi connectivity index (χ2n) is 9.49. The molecule has 0 spiro atoms. The number of hydrogen-bond donors (Lipinski definition) is 0. The van der Waals surface area contributed by atoms with Crippen molar-refractivity contribution in [1.82, 2.24) is 9.88 Å². The quantitative estimate of drug-likeness (QED) is 0.574. The van der Waals surface area contributed by atoms with Gasteiger partial charge < -0.3 is 14.4 Å². The maximum absolute atomic E-state index is 13.5. The summed E-state index contributed by atoms with van der Waals surface area (Å²) in [7, 11) is 0. The third-order valence-electron chi connectivity index (χ3n) is 6.02. The molecule has 0 radical (unpaired) electrons. The molecular formula is C24H38N2O3. The highest BCUT2D eigenvalue weighted by Crippen LogP contribution is 2.31. The first-order chi connectivity index (χ1) is 13.9. The Hall–Kier alpha value is -1.62. The van der Waals surface area contributed by atoms with Crippen molar-refractivity contribution >= 4 is 5.91 Å². The van der Waals surface area contributed by atoms with Crippen LogP contribution in [0.1, 0.15) is 95.3 Å². The van der Waals surface area contributed by atoms with E-state index in [1.807, 2.05) is 32.9 Å². The van der Waals surface area contributed by atoms with Gasteiger partial charge in [-0.3, -0.25) is 4.79 Å². The highest BCUT2D eigenvalue weighted by atomic mass is 16.5. The summed E-state index contributed by atoms with van der Waals surface area (Å²) in [6.45, 7) is 7.04. The number of aromatic nitrogens is 1. The zero-order chi connectivity index (χ0) is 20.7. The number of nitrogens with zero attached hydrogens (tertiary/aromatic N) is 2. The smallest absolute Gasteiger partial charge is 0.255 e. The van der Waals surface area contributed by atoms with E-state index >= 15 is 0 Å². The predicted molar refractivity (Wildman–Crippen MR) is 115 cm³/mol. The Labute approximate surface area is 176 Å². The van der Waals surface area contributed by atoms with Crippen LogP contribution in [0.5, 0.6) is 5.88 Å². The van der Waals surface area contributed by atoms with Gasteiger partial charge in [0.2, 0.25) is 5.88 Å². The second kappa shape index (κ2) is 10.4. The molecule has 2 aliphatic rings. The van der Waals surface area contributed by atoms with Crippen LogP contribution in [0.3, 0.4) is 0 Å². The molecule has 2 saturated carbocycles. The minimum atomic E-state index is -0.172. The Morgan fingerprint density at radius 2 is 1.55 bits per heavy atom. The summed E-state index contributed by atoms with van der Waals surface area (Å²) in [5.74, 6) is 0.694. The first-order valence-electron chi connectivity index (χ1n) is 11.5. The fraction of sp³-hybridized carbons (Fsp3) is 0.750. The van der Waals surface area contributed by atoms with E-state index in [2.05, 4.69) is 9.88 Å². The van der Waals surface area contributed by atoms with Crippen molar-refractivity contribution in [2.24, 2.45) is 0 Å². The van der Waals surface area contributed by atoms with Crippen LogP contribution in [0.25, 0.3) is 0 Å². The molecule has 0 saturated heterocycles. The summed E-state index contributed by atoms with van der Waals surface area (Å²) in [6.07, 6.45) is 13.8. The molecule has 0 N–H and O–H groups in total. The van der Waals surface area contributed by atoms with E-state index in [4.69, 9.17) is 9.47 Å². The molecule has 2 aliphatic carbocycles. The number of carbonyl (C=O) groups is 1. The minimum absolute atomic E-state index is 0.152. The Bertz CT molecular complexity index is 609. The van der Waals surface area contributed by atoms with Crippen LogP contribution in [0.4, 0.5) is 0 Å². The fourth-order valence-corrected chi connectivity index (χ4v) is 4.58. The van der Waals surface area contributed by atoms with E-state index in [0.717, 1.165) is 25.7 Å². The van der Waals surface area contributed by atoms with Crippen molar-refractivity contribution < 1.29 is 14.3 Å². The molecule has 0 aromatic carbocycles. The van der Waals surface area contributed by atoms with Crippen LogP contribution in [-0.4, -0.2) is 46.7 Å². The third kappa shape index (κ3) is 6.70. The number of rotatable bonds is 7. The fourth-order valence-electron chi connectivity index (χ4n) is 4.58. The van der Waals surface area contributed by atoms with Crippen LogP contribution in [0, 0.1) is 0 Å². The molecule has 5 heteroatoms. The van der Waals surface area contributed by atoms with E-state index < -0.39 is 0 Å². The van der Waals surface area contributed by atoms with Gasteiger partial charge in [-0.2, -0.15) is 0 Å². The first-order valence-corrected chi connectivity index (χ1v) is 11.5. The first kappa shape index (κ1) is 22.1. The third-order valence-corrected chi connectivity index (χ3v) is 6.02. The number of ether oxygens (including phenoxy) is 2. The predicted octanol–water partition coefficient (Wildman–Crippen LogP) is 5.38. The number of carbonyl (C=O) groups excluding carboxylic acids is 1. The molecule has 1 heterocycles. The van der Waals surface area contributed by atoms with Crippen LogP contribution in [0.15, 0.2) is 18.3 Å². The molecule has 0 aliphatic heterocycles. The van der Waals surface area contributed by atoms with Crippen molar-refractivity contribution in [1.29, 1.82) is 0 Å². The van der Waals surface area contributed by atoms with Crippen LogP contribution in [-0.2, 0) is 4.74 Å². The van der Waals surface area contributed by atoms with E-state index in [1.165, 1.54) is 38.5 Å². The van der Waals surface area contributed by atoms with E-state index in [-0.39, 0.29) is 11.5 Å². The SMILES string of the molecule is CC(C)(C)OCCOc1ccc(C(=O)N(C2CCCCC2)C2CCCCC2)cn1. The maximum atomic E-state index is 13.5. The summed E-state index contributed by atoms with van der Waals surface area (Å²) in [5.41, 5.74) is 0.508. The summed E-state index contributed by atoms with van der Waals surface area (Å²) in [6, 6.07) is 4.47. The van der Waals surface area contributed by atoms with Gasteiger partial charge in [-0.25, -0.2) is 4.98 Å². The number of pyridine rings is 1. The highest BCUT2D eigenvalue weighted by molar-refractivity contribution is 5.94. The van der Waals surface area contributed by atoms with Crippen molar-refractivity contribution in [3.63, 3.8) is 0 Å². The van der Waals surface area contributed by atoms with Gasteiger partial charge in [0.05, 0.1) is 17.8 Å². The van der Waals surface area contributed by atoms with Gasteiger partial charge in [0.1, 0.15) is 6.61 Å². The van der Waals surface area contributed by atoms with E-state index in [9.17, 15) is 4.79 Å². The number of hydrogen-bond acceptors (Lipinski definition) is 4. The summed E-state index contributed by atoms with van der Waals surface area (Å²) in [4.78, 5) is 20.1. The van der Waals surface area contributed by atoms with Crippen LogP contribution >= 0.6 is 0 Å². The lowest BCUT2D eigenvalue weighted by Crippen LogP contribution is -2.48. The lowest BCUT2D eigenvalue weighted by molar-refractivity contribution is -0.0168. The van der Waals surface area contributed by atoms with Crippen molar-refractivity contribution in [2.45, 2.75) is 103 Å². The van der Waals surface area contributed by atoms with Gasteiger partial charge in [0.25, 0.3) is 5.91 Å². The Morgan fingerprint density at radius 3 is 2.03 bits per heavy atom. The highest BCUT2D eigenvalue weighted by Gasteiger charge is 2.33. The molecule has 0 atom stereocenters. The molecule has 2 fully saturated rings. The molecular weight excluding hydrogens is 364 g/mol. The second-order valence-corrected chi connectivity index (χ2v) is 9.49. The molecule has 1 aromatic heterocycles. The Morgan fingerprint density at radius 1 is 0.966 bits per heavy atom. The molecule has 1 amide bonds. The molecule has 162 valence electrons. The van der Waals surface area contributed by atoms with Crippen molar-refractivity contribution in [3.8, 4) is 5.88 Å². The molecule has 29 heavy (non-hydrogen) atoms. The number of amides is 1. The molecule has 1 aromatic rings. The average molecular weight is 403 g/mol. The monoisotopic (exact) mass is 402 g/mol. The lowest BCUT2D eigenvalue weighted by Gasteiger charge is -2.41. The molecule has 0 bridgehead atoms. The van der Waals surface area contributed by atoms with Gasteiger partial charge in [-0.1, -0.05) is 38.5 Å². The minimum Gasteiger partial charge on any atom is -0.475 e. The van der Waals surface area contributed by atoms with E-state index in [1.54, 1.807) is 6.20 Å². The average Bonchev–Trinajstić information content (AvgIpc) is 2.73. The summed E-state index contributed by atoms with van der Waals surface area (Å²) >= 11 is 0. The van der Waals surface area contributed by atoms with Gasteiger partial charge in [-0.15, -0.1) is 0 Å². The van der Waals surface area contributed by atoms with Crippen molar-refractivity contribution in [3.05, 3.63) is 23.9 Å². The normalized spacial score (nSPS) is 19.1. The Balaban J connectivity index is 1.62. The Kier molecular flexibility index (Phi) is 7.93. The summed E-state index contributed by atoms with van der Waals surface area (Å²) in [5, 5.41) is 0. The zero-order valence-electron chi connectivity index (χ0n) is 18.5. The van der Waals surface area contributed by atoms with Gasteiger partial charge in [-0.05, 0) is 52.5 Å². The lowest BCUT2D eigenvalue weighted by atomic mass is 9.88. The largest absolute Gasteiger partial charge is 0.475 e. The van der Waals surface area contributed by atoms with E-state index in [0.29, 0.717) is 36.7 Å². The van der Waals surface area contributed by atoms with Crippen LogP contribution < -0.4 is 4.74 Å². The van der Waals surface area contributed by atoms with Crippen LogP contribution in [0.2, 0.25) is 0 Å². The maximum Gasteiger partial charge on any atom is 0.255 e. The molecule has 0 unspecified atom stereocenters. The van der Waals surface area contributed by atoms with Gasteiger partial charge in [0.15, 0.2) is 0 Å². The van der Waals surface area contributed by atoms with Crippen molar-refractivity contribution in [2.75, 3.05) is 13.2 Å². The standard InChI is InChI=1S/C24H38N2O3/c1-24(2,3)29-17-16-28-22-15-14-19(18-25-22)23(27)26(20-10-6-4-7-11-20)21-12-8-5-9-13-21/h14-15,18,20-21H,4-13,16-17H2,1-3H3. The summed E-state index contributed by atoms with van der Waals surface area (Å²) < 4.78 is 11.3. The molecule has 3 rings (SSSR count). The topological polar surface area (TPSA) is 51.7 Å².